The van der Waals surface area contributed by atoms with Crippen molar-refractivity contribution in [3.05, 3.63) is 54.0 Å². The highest BCUT2D eigenvalue weighted by Crippen LogP contribution is 2.40. The van der Waals surface area contributed by atoms with E-state index < -0.39 is 22.4 Å². The standard InChI is InChI=1S/C23H27N5O5S/c1-14(29)33-21-11-17(10-16(21)12-32-34(24,30)31)28-9-8-19-22(25-13-26-23(19)28)27-20-7-6-15-4-2-3-5-18(15)20/h2-5,8-9,13,16-17,20-21H,6-7,10-12H2,1H3,(H2,24,30,31)(H,25,26,27)/t16-,17+,20-,21-/m0/s1. The molecule has 2 aliphatic carbocycles. The number of anilines is 1. The maximum absolute atomic E-state index is 11.6. The molecule has 0 bridgehead atoms. The summed E-state index contributed by atoms with van der Waals surface area (Å²) >= 11 is 0. The van der Waals surface area contributed by atoms with Gasteiger partial charge in [0.15, 0.2) is 0 Å². The van der Waals surface area contributed by atoms with Crippen LogP contribution in [0.15, 0.2) is 42.9 Å². The van der Waals surface area contributed by atoms with Gasteiger partial charge in [-0.25, -0.2) is 15.1 Å². The monoisotopic (exact) mass is 485 g/mol. The van der Waals surface area contributed by atoms with Crippen LogP contribution in [0, 0.1) is 5.92 Å². The van der Waals surface area contributed by atoms with E-state index >= 15 is 0 Å². The molecule has 0 unspecified atom stereocenters. The van der Waals surface area contributed by atoms with Gasteiger partial charge >= 0.3 is 16.3 Å². The van der Waals surface area contributed by atoms with Gasteiger partial charge in [-0.3, -0.25) is 8.98 Å². The van der Waals surface area contributed by atoms with E-state index in [2.05, 4.69) is 39.6 Å². The molecule has 2 heterocycles. The zero-order valence-electron chi connectivity index (χ0n) is 18.8. The maximum Gasteiger partial charge on any atom is 0.333 e. The number of hydrogen-bond acceptors (Lipinski definition) is 8. The van der Waals surface area contributed by atoms with Crippen LogP contribution in [0.2, 0.25) is 0 Å². The van der Waals surface area contributed by atoms with Crippen molar-refractivity contribution in [2.75, 3.05) is 11.9 Å². The summed E-state index contributed by atoms with van der Waals surface area (Å²) in [5.74, 6) is 0.0440. The van der Waals surface area contributed by atoms with Gasteiger partial charge in [-0.1, -0.05) is 24.3 Å². The highest BCUT2D eigenvalue weighted by Gasteiger charge is 2.39. The smallest absolute Gasteiger partial charge is 0.333 e. The molecule has 4 atom stereocenters. The molecule has 3 aromatic rings. The van der Waals surface area contributed by atoms with E-state index in [1.54, 1.807) is 6.33 Å². The number of carbonyl (C=O) groups excluding carboxylic acids is 1. The van der Waals surface area contributed by atoms with E-state index in [9.17, 15) is 13.2 Å². The van der Waals surface area contributed by atoms with Crippen LogP contribution in [0.4, 0.5) is 5.82 Å². The molecule has 0 aliphatic heterocycles. The topological polar surface area (TPSA) is 138 Å². The normalized spacial score (nSPS) is 24.3. The number of fused-ring (bicyclic) bond motifs is 2. The Kier molecular flexibility index (Phi) is 6.00. The summed E-state index contributed by atoms with van der Waals surface area (Å²) in [6.07, 6.45) is 6.13. The third-order valence-electron chi connectivity index (χ3n) is 6.72. The van der Waals surface area contributed by atoms with Gasteiger partial charge in [0.05, 0.1) is 18.0 Å². The number of aryl methyl sites for hydroxylation is 1. The molecular formula is C23H27N5O5S. The number of esters is 1. The number of nitrogens with one attached hydrogen (secondary N) is 1. The summed E-state index contributed by atoms with van der Waals surface area (Å²) in [6.45, 7) is 1.19. The van der Waals surface area contributed by atoms with Crippen molar-refractivity contribution in [3.8, 4) is 0 Å². The molecule has 34 heavy (non-hydrogen) atoms. The van der Waals surface area contributed by atoms with Gasteiger partial charge in [0, 0.05) is 31.5 Å². The second kappa shape index (κ2) is 8.97. The first kappa shape index (κ1) is 22.8. The molecule has 2 aromatic heterocycles. The van der Waals surface area contributed by atoms with E-state index in [1.807, 2.05) is 16.8 Å². The first-order valence-corrected chi connectivity index (χ1v) is 12.8. The molecule has 11 heteroatoms. The third-order valence-corrected chi connectivity index (χ3v) is 7.18. The summed E-state index contributed by atoms with van der Waals surface area (Å²) < 4.78 is 34.9. The second-order valence-electron chi connectivity index (χ2n) is 8.93. The van der Waals surface area contributed by atoms with Crippen molar-refractivity contribution < 1.29 is 22.1 Å². The van der Waals surface area contributed by atoms with Crippen LogP contribution in [0.1, 0.15) is 49.4 Å². The summed E-state index contributed by atoms with van der Waals surface area (Å²) in [4.78, 5) is 20.6. The Morgan fingerprint density at radius 3 is 2.85 bits per heavy atom. The maximum atomic E-state index is 11.6. The number of ether oxygens (including phenoxy) is 1. The van der Waals surface area contributed by atoms with E-state index in [1.165, 1.54) is 18.1 Å². The predicted octanol–water partition coefficient (Wildman–Crippen LogP) is 2.63. The number of carbonyl (C=O) groups is 1. The average molecular weight is 486 g/mol. The van der Waals surface area contributed by atoms with Crippen molar-refractivity contribution in [2.24, 2.45) is 11.1 Å². The van der Waals surface area contributed by atoms with E-state index in [0.29, 0.717) is 12.8 Å². The van der Waals surface area contributed by atoms with Gasteiger partial charge < -0.3 is 14.6 Å². The summed E-state index contributed by atoms with van der Waals surface area (Å²) in [7, 11) is -4.08. The molecule has 1 aromatic carbocycles. The molecule has 1 fully saturated rings. The minimum Gasteiger partial charge on any atom is -0.462 e. The minimum absolute atomic E-state index is 0.0501. The van der Waals surface area contributed by atoms with Crippen molar-refractivity contribution in [2.45, 2.75) is 50.8 Å². The van der Waals surface area contributed by atoms with Gasteiger partial charge in [0.1, 0.15) is 23.9 Å². The fourth-order valence-corrected chi connectivity index (χ4v) is 5.62. The first-order valence-electron chi connectivity index (χ1n) is 11.3. The fraction of sp³-hybridized carbons (Fsp3) is 0.435. The lowest BCUT2D eigenvalue weighted by Gasteiger charge is -2.18. The van der Waals surface area contributed by atoms with Crippen LogP contribution in [0.5, 0.6) is 0 Å². The first-order chi connectivity index (χ1) is 16.3. The zero-order chi connectivity index (χ0) is 23.9. The summed E-state index contributed by atoms with van der Waals surface area (Å²) in [6, 6.07) is 10.6. The van der Waals surface area contributed by atoms with Crippen LogP contribution in [-0.2, 0) is 30.4 Å². The van der Waals surface area contributed by atoms with E-state index in [0.717, 1.165) is 29.7 Å². The average Bonchev–Trinajstić information content (AvgIpc) is 3.49. The lowest BCUT2D eigenvalue weighted by atomic mass is 10.1. The molecule has 0 radical (unpaired) electrons. The largest absolute Gasteiger partial charge is 0.462 e. The fourth-order valence-electron chi connectivity index (χ4n) is 5.25. The van der Waals surface area contributed by atoms with Crippen LogP contribution in [0.3, 0.4) is 0 Å². The molecule has 1 saturated carbocycles. The Hall–Kier alpha value is -3.02. The Balaban J connectivity index is 1.39. The number of aromatic nitrogens is 3. The quantitative estimate of drug-likeness (QED) is 0.487. The zero-order valence-corrected chi connectivity index (χ0v) is 19.6. The number of benzene rings is 1. The molecular weight excluding hydrogens is 458 g/mol. The highest BCUT2D eigenvalue weighted by molar-refractivity contribution is 7.84. The van der Waals surface area contributed by atoms with Crippen molar-refractivity contribution in [1.29, 1.82) is 0 Å². The second-order valence-corrected chi connectivity index (χ2v) is 10.1. The molecule has 2 aliphatic rings. The molecule has 0 saturated heterocycles. The highest BCUT2D eigenvalue weighted by atomic mass is 32.2. The third kappa shape index (κ3) is 4.63. The predicted molar refractivity (Wildman–Crippen MR) is 125 cm³/mol. The lowest BCUT2D eigenvalue weighted by Crippen LogP contribution is -2.27. The summed E-state index contributed by atoms with van der Waals surface area (Å²) in [5.41, 5.74) is 3.42. The minimum atomic E-state index is -4.08. The van der Waals surface area contributed by atoms with Gasteiger partial charge in [-0.2, -0.15) is 8.42 Å². The molecule has 10 nitrogen and oxygen atoms in total. The Labute approximate surface area is 197 Å². The van der Waals surface area contributed by atoms with E-state index in [4.69, 9.17) is 14.1 Å². The SMILES string of the molecule is CC(=O)O[C@H]1C[C@H](n2ccc3c(N[C@H]4CCc5ccccc54)ncnc32)C[C@H]1COS(N)(=O)=O. The number of hydrogen-bond donors (Lipinski definition) is 2. The van der Waals surface area contributed by atoms with Crippen molar-refractivity contribution in [3.63, 3.8) is 0 Å². The van der Waals surface area contributed by atoms with Crippen LogP contribution in [-0.4, -0.2) is 41.6 Å². The molecule has 180 valence electrons. The summed E-state index contributed by atoms with van der Waals surface area (Å²) in [5, 5.41) is 9.48. The Morgan fingerprint density at radius 1 is 1.24 bits per heavy atom. The number of nitrogens with zero attached hydrogens (tertiary/aromatic N) is 3. The van der Waals surface area contributed by atoms with Crippen LogP contribution >= 0.6 is 0 Å². The van der Waals surface area contributed by atoms with Gasteiger partial charge in [-0.05, 0) is 36.5 Å². The molecule has 0 spiro atoms. The Morgan fingerprint density at radius 2 is 2.06 bits per heavy atom. The van der Waals surface area contributed by atoms with Crippen LogP contribution in [0.25, 0.3) is 11.0 Å². The van der Waals surface area contributed by atoms with Crippen molar-refractivity contribution >= 4 is 33.1 Å². The number of nitrogens with two attached hydrogens (primary N) is 1. The van der Waals surface area contributed by atoms with Gasteiger partial charge in [-0.15, -0.1) is 0 Å². The number of rotatable bonds is 7. The van der Waals surface area contributed by atoms with Crippen LogP contribution < -0.4 is 10.5 Å². The van der Waals surface area contributed by atoms with E-state index in [-0.39, 0.29) is 24.6 Å². The van der Waals surface area contributed by atoms with Crippen molar-refractivity contribution in [1.82, 2.24) is 14.5 Å². The molecule has 5 rings (SSSR count). The molecule has 3 N–H and O–H groups in total. The van der Waals surface area contributed by atoms with Gasteiger partial charge in [0.2, 0.25) is 0 Å². The Bertz CT molecular complexity index is 1320. The lowest BCUT2D eigenvalue weighted by molar-refractivity contribution is -0.148. The van der Waals surface area contributed by atoms with Gasteiger partial charge in [0.25, 0.3) is 0 Å². The molecule has 0 amide bonds.